The Bertz CT molecular complexity index is 975. The highest BCUT2D eigenvalue weighted by atomic mass is 16.3. The maximum Gasteiger partial charge on any atom is 0.251 e. The first-order valence-electron chi connectivity index (χ1n) is 9.08. The van der Waals surface area contributed by atoms with Crippen LogP contribution in [0.15, 0.2) is 52.9 Å². The molecule has 0 aliphatic heterocycles. The second-order valence-corrected chi connectivity index (χ2v) is 6.60. The number of carbonyl (C=O) groups is 2. The van der Waals surface area contributed by atoms with E-state index in [-0.39, 0.29) is 18.4 Å². The highest BCUT2D eigenvalue weighted by Gasteiger charge is 2.18. The lowest BCUT2D eigenvalue weighted by Gasteiger charge is -2.18. The van der Waals surface area contributed by atoms with Crippen molar-refractivity contribution in [2.24, 2.45) is 0 Å². The molecule has 0 radical (unpaired) electrons. The smallest absolute Gasteiger partial charge is 0.251 e. The summed E-state index contributed by atoms with van der Waals surface area (Å²) in [6.45, 7) is 4.31. The lowest BCUT2D eigenvalue weighted by Crippen LogP contribution is -2.38. The fraction of sp³-hybridized carbons (Fsp3) is 0.273. The molecule has 0 unspecified atom stereocenters. The first-order chi connectivity index (χ1) is 13.0. The quantitative estimate of drug-likeness (QED) is 0.725. The van der Waals surface area contributed by atoms with Crippen LogP contribution in [0.3, 0.4) is 0 Å². The van der Waals surface area contributed by atoms with Gasteiger partial charge in [-0.1, -0.05) is 43.3 Å². The number of hydrogen-bond acceptors (Lipinski definition) is 3. The first-order valence-corrected chi connectivity index (χ1v) is 9.08. The predicted octanol–water partition coefficient (Wildman–Crippen LogP) is 3.69. The molecule has 0 saturated carbocycles. The molecule has 0 spiro atoms. The van der Waals surface area contributed by atoms with Crippen molar-refractivity contribution in [2.75, 3.05) is 13.6 Å². The zero-order chi connectivity index (χ0) is 19.4. The number of amides is 2. The number of fused-ring (bicyclic) bond motifs is 1. The molecule has 1 N–H and O–H groups in total. The Morgan fingerprint density at radius 2 is 1.78 bits per heavy atom. The minimum Gasteiger partial charge on any atom is -0.461 e. The van der Waals surface area contributed by atoms with Gasteiger partial charge in [-0.3, -0.25) is 9.59 Å². The molecule has 1 aromatic heterocycles. The zero-order valence-electron chi connectivity index (χ0n) is 15.9. The van der Waals surface area contributed by atoms with Gasteiger partial charge in [0.05, 0.1) is 6.54 Å². The van der Waals surface area contributed by atoms with E-state index in [4.69, 9.17) is 4.42 Å². The van der Waals surface area contributed by atoms with E-state index in [1.54, 1.807) is 18.0 Å². The average molecular weight is 364 g/mol. The third-order valence-corrected chi connectivity index (χ3v) is 4.71. The minimum atomic E-state index is -0.238. The molecule has 2 amide bonds. The lowest BCUT2D eigenvalue weighted by molar-refractivity contribution is -0.129. The number of nitrogens with one attached hydrogen (secondary N) is 1. The number of aryl methyl sites for hydroxylation is 2. The third kappa shape index (κ3) is 4.03. The molecule has 0 atom stereocenters. The molecular formula is C22H24N2O3. The van der Waals surface area contributed by atoms with Crippen molar-refractivity contribution in [3.8, 4) is 0 Å². The molecule has 0 saturated heterocycles. The van der Waals surface area contributed by atoms with Crippen LogP contribution >= 0.6 is 0 Å². The van der Waals surface area contributed by atoms with Crippen LogP contribution in [0.4, 0.5) is 0 Å². The van der Waals surface area contributed by atoms with Crippen LogP contribution in [0.1, 0.15) is 34.2 Å². The van der Waals surface area contributed by atoms with E-state index in [1.165, 1.54) is 0 Å². The molecule has 1 heterocycles. The summed E-state index contributed by atoms with van der Waals surface area (Å²) >= 11 is 0. The molecule has 3 rings (SSSR count). The summed E-state index contributed by atoms with van der Waals surface area (Å²) < 4.78 is 5.89. The number of hydrogen-bond donors (Lipinski definition) is 1. The van der Waals surface area contributed by atoms with Gasteiger partial charge >= 0.3 is 0 Å². The number of para-hydroxylation sites is 1. The molecule has 0 aliphatic rings. The Labute approximate surface area is 159 Å². The first kappa shape index (κ1) is 18.7. The maximum absolute atomic E-state index is 12.5. The highest BCUT2D eigenvalue weighted by Crippen LogP contribution is 2.27. The monoisotopic (exact) mass is 364 g/mol. The minimum absolute atomic E-state index is 0.0408. The van der Waals surface area contributed by atoms with Gasteiger partial charge < -0.3 is 14.6 Å². The topological polar surface area (TPSA) is 62.6 Å². The van der Waals surface area contributed by atoms with E-state index in [0.29, 0.717) is 12.1 Å². The summed E-state index contributed by atoms with van der Waals surface area (Å²) in [6.07, 6.45) is 0.760. The van der Waals surface area contributed by atoms with Gasteiger partial charge in [0.15, 0.2) is 0 Å². The van der Waals surface area contributed by atoms with Gasteiger partial charge in [-0.15, -0.1) is 0 Å². The molecule has 0 bridgehead atoms. The third-order valence-electron chi connectivity index (χ3n) is 4.71. The number of likely N-dealkylation sites (N-methyl/N-ethyl adjacent to an activating group) is 1. The summed E-state index contributed by atoms with van der Waals surface area (Å²) in [5.41, 5.74) is 3.32. The number of nitrogens with zero attached hydrogens (tertiary/aromatic N) is 1. The van der Waals surface area contributed by atoms with Crippen molar-refractivity contribution in [3.63, 3.8) is 0 Å². The zero-order valence-corrected chi connectivity index (χ0v) is 15.9. The van der Waals surface area contributed by atoms with Crippen LogP contribution in [0.25, 0.3) is 11.0 Å². The van der Waals surface area contributed by atoms with Gasteiger partial charge in [0.1, 0.15) is 11.3 Å². The van der Waals surface area contributed by atoms with Gasteiger partial charge in [-0.25, -0.2) is 0 Å². The van der Waals surface area contributed by atoms with Crippen LogP contribution in [0.5, 0.6) is 0 Å². The summed E-state index contributed by atoms with van der Waals surface area (Å²) in [6, 6.07) is 15.2. The van der Waals surface area contributed by atoms with Gasteiger partial charge in [-0.05, 0) is 24.6 Å². The Balaban J connectivity index is 1.66. The fourth-order valence-electron chi connectivity index (χ4n) is 3.15. The SMILES string of the molecule is CCc1oc2ccccc2c1CN(C)C(=O)CNC(=O)c1ccccc1C. The molecule has 140 valence electrons. The molecule has 5 nitrogen and oxygen atoms in total. The molecular weight excluding hydrogens is 340 g/mol. The maximum atomic E-state index is 12.5. The van der Waals surface area contributed by atoms with E-state index in [1.807, 2.05) is 56.3 Å². The Morgan fingerprint density at radius 1 is 1.07 bits per heavy atom. The van der Waals surface area contributed by atoms with Crippen LogP contribution in [0, 0.1) is 6.92 Å². The lowest BCUT2D eigenvalue weighted by atomic mass is 10.1. The van der Waals surface area contributed by atoms with Crippen molar-refractivity contribution in [1.29, 1.82) is 0 Å². The Hall–Kier alpha value is -3.08. The van der Waals surface area contributed by atoms with Gasteiger partial charge in [-0.2, -0.15) is 0 Å². The van der Waals surface area contributed by atoms with Crippen molar-refractivity contribution >= 4 is 22.8 Å². The molecule has 2 aromatic carbocycles. The highest BCUT2D eigenvalue weighted by molar-refractivity contribution is 5.97. The van der Waals surface area contributed by atoms with E-state index in [9.17, 15) is 9.59 Å². The number of rotatable bonds is 6. The summed E-state index contributed by atoms with van der Waals surface area (Å²) in [4.78, 5) is 26.4. The molecule has 0 aliphatic carbocycles. The van der Waals surface area contributed by atoms with Crippen molar-refractivity contribution in [3.05, 3.63) is 71.0 Å². The Kier molecular flexibility index (Phi) is 5.60. The Morgan fingerprint density at radius 3 is 2.52 bits per heavy atom. The van der Waals surface area contributed by atoms with E-state index < -0.39 is 0 Å². The predicted molar refractivity (Wildman–Crippen MR) is 106 cm³/mol. The summed E-state index contributed by atoms with van der Waals surface area (Å²) in [7, 11) is 1.74. The number of benzene rings is 2. The van der Waals surface area contributed by atoms with Gasteiger partial charge in [0, 0.05) is 36.5 Å². The van der Waals surface area contributed by atoms with E-state index in [0.717, 1.165) is 34.3 Å². The molecule has 0 fully saturated rings. The van der Waals surface area contributed by atoms with Crippen molar-refractivity contribution < 1.29 is 14.0 Å². The van der Waals surface area contributed by atoms with E-state index in [2.05, 4.69) is 5.32 Å². The standard InChI is InChI=1S/C22H24N2O3/c1-4-19-18(17-11-7-8-12-20(17)27-19)14-24(3)21(25)13-23-22(26)16-10-6-5-9-15(16)2/h5-12H,4,13-14H2,1-3H3,(H,23,26). The van der Waals surface area contributed by atoms with Crippen molar-refractivity contribution in [1.82, 2.24) is 10.2 Å². The molecule has 27 heavy (non-hydrogen) atoms. The second kappa shape index (κ2) is 8.08. The summed E-state index contributed by atoms with van der Waals surface area (Å²) in [5.74, 6) is 0.502. The van der Waals surface area contributed by atoms with Crippen molar-refractivity contribution in [2.45, 2.75) is 26.8 Å². The molecule has 5 heteroatoms. The van der Waals surface area contributed by atoms with Gasteiger partial charge in [0.25, 0.3) is 5.91 Å². The largest absolute Gasteiger partial charge is 0.461 e. The van der Waals surface area contributed by atoms with Crippen LogP contribution < -0.4 is 5.32 Å². The number of furan rings is 1. The average Bonchev–Trinajstić information content (AvgIpc) is 3.03. The number of carbonyl (C=O) groups excluding carboxylic acids is 2. The summed E-state index contributed by atoms with van der Waals surface area (Å²) in [5, 5.41) is 3.74. The second-order valence-electron chi connectivity index (χ2n) is 6.60. The van der Waals surface area contributed by atoms with Crippen LogP contribution in [-0.2, 0) is 17.8 Å². The van der Waals surface area contributed by atoms with Crippen LogP contribution in [-0.4, -0.2) is 30.3 Å². The molecule has 3 aromatic rings. The van der Waals surface area contributed by atoms with Crippen LogP contribution in [0.2, 0.25) is 0 Å². The fourth-order valence-corrected chi connectivity index (χ4v) is 3.15. The van der Waals surface area contributed by atoms with E-state index >= 15 is 0 Å². The normalized spacial score (nSPS) is 10.8. The van der Waals surface area contributed by atoms with Gasteiger partial charge in [0.2, 0.25) is 5.91 Å².